The molecule has 0 spiro atoms. The van der Waals surface area contributed by atoms with Crippen molar-refractivity contribution in [2.24, 2.45) is 5.73 Å². The summed E-state index contributed by atoms with van der Waals surface area (Å²) in [5.74, 6) is -0.412. The number of nitrogens with two attached hydrogens (primary N) is 1. The first kappa shape index (κ1) is 15.5. The first-order valence-electron chi connectivity index (χ1n) is 6.00. The highest BCUT2D eigenvalue weighted by atomic mass is 19.4. The molecule has 106 valence electrons. The van der Waals surface area contributed by atoms with Crippen molar-refractivity contribution >= 4 is 5.91 Å². The summed E-state index contributed by atoms with van der Waals surface area (Å²) in [5, 5.41) is 2.96. The van der Waals surface area contributed by atoms with E-state index >= 15 is 0 Å². The molecule has 0 heterocycles. The van der Waals surface area contributed by atoms with Gasteiger partial charge in [-0.05, 0) is 31.5 Å². The monoisotopic (exact) mass is 274 g/mol. The molecule has 3 nitrogen and oxygen atoms in total. The predicted molar refractivity (Wildman–Crippen MR) is 66.3 cm³/mol. The van der Waals surface area contributed by atoms with E-state index in [2.05, 4.69) is 5.32 Å². The number of carbonyl (C=O) groups excluding carboxylic acids is 1. The van der Waals surface area contributed by atoms with Crippen molar-refractivity contribution in [3.8, 4) is 0 Å². The number of carbonyl (C=O) groups is 1. The van der Waals surface area contributed by atoms with Gasteiger partial charge in [0.05, 0.1) is 5.56 Å². The number of rotatable bonds is 6. The molecular weight excluding hydrogens is 257 g/mol. The Hall–Kier alpha value is -1.56. The van der Waals surface area contributed by atoms with Gasteiger partial charge >= 0.3 is 6.18 Å². The molecule has 0 aromatic heterocycles. The van der Waals surface area contributed by atoms with Crippen molar-refractivity contribution in [1.82, 2.24) is 5.32 Å². The molecule has 1 aromatic carbocycles. The Morgan fingerprint density at radius 2 is 2.00 bits per heavy atom. The largest absolute Gasteiger partial charge is 0.416 e. The number of halogens is 3. The Labute approximate surface area is 110 Å². The van der Waals surface area contributed by atoms with E-state index in [9.17, 15) is 18.0 Å². The minimum Gasteiger partial charge on any atom is -0.370 e. The molecule has 19 heavy (non-hydrogen) atoms. The molecule has 6 heteroatoms. The van der Waals surface area contributed by atoms with Crippen molar-refractivity contribution in [2.45, 2.75) is 32.0 Å². The lowest BCUT2D eigenvalue weighted by Gasteiger charge is -2.19. The summed E-state index contributed by atoms with van der Waals surface area (Å²) >= 11 is 0. The Balaban J connectivity index is 2.67. The highest BCUT2D eigenvalue weighted by molar-refractivity contribution is 5.73. The highest BCUT2D eigenvalue weighted by Gasteiger charge is 2.33. The van der Waals surface area contributed by atoms with Crippen LogP contribution >= 0.6 is 0 Å². The van der Waals surface area contributed by atoms with E-state index in [0.717, 1.165) is 6.07 Å². The number of primary amides is 1. The van der Waals surface area contributed by atoms with Crippen LogP contribution < -0.4 is 11.1 Å². The van der Waals surface area contributed by atoms with Crippen molar-refractivity contribution < 1.29 is 18.0 Å². The molecule has 1 unspecified atom stereocenters. The fraction of sp³-hybridized carbons (Fsp3) is 0.462. The lowest BCUT2D eigenvalue weighted by molar-refractivity contribution is -0.138. The number of nitrogens with one attached hydrogen (secondary N) is 1. The number of alkyl halides is 3. The van der Waals surface area contributed by atoms with Gasteiger partial charge in [0, 0.05) is 12.5 Å². The molecule has 0 aliphatic heterocycles. The maximum atomic E-state index is 12.8. The van der Waals surface area contributed by atoms with Crippen LogP contribution in [-0.4, -0.2) is 12.5 Å². The van der Waals surface area contributed by atoms with Crippen molar-refractivity contribution in [3.63, 3.8) is 0 Å². The lowest BCUT2D eigenvalue weighted by Crippen LogP contribution is -2.24. The molecular formula is C13H17F3N2O. The first-order chi connectivity index (χ1) is 8.82. The topological polar surface area (TPSA) is 55.1 Å². The molecule has 1 amide bonds. The summed E-state index contributed by atoms with van der Waals surface area (Å²) in [6, 6.07) is 5.02. The SMILES string of the molecule is CC(NCCCC(N)=O)c1ccccc1C(F)(F)F. The predicted octanol–water partition coefficient (Wildman–Crippen LogP) is 2.62. The van der Waals surface area contributed by atoms with Gasteiger partial charge in [0.15, 0.2) is 0 Å². The molecule has 0 aliphatic carbocycles. The van der Waals surface area contributed by atoms with Crippen LogP contribution in [0.1, 0.15) is 36.9 Å². The zero-order valence-corrected chi connectivity index (χ0v) is 10.6. The van der Waals surface area contributed by atoms with Gasteiger partial charge in [0.1, 0.15) is 0 Å². The third-order valence-electron chi connectivity index (χ3n) is 2.78. The van der Waals surface area contributed by atoms with Crippen LogP contribution in [0, 0.1) is 0 Å². The Kier molecular flexibility index (Phi) is 5.35. The number of hydrogen-bond donors (Lipinski definition) is 2. The van der Waals surface area contributed by atoms with Crippen molar-refractivity contribution in [1.29, 1.82) is 0 Å². The van der Waals surface area contributed by atoms with E-state index in [4.69, 9.17) is 5.73 Å². The normalized spacial score (nSPS) is 13.3. The van der Waals surface area contributed by atoms with Crippen LogP contribution in [0.25, 0.3) is 0 Å². The van der Waals surface area contributed by atoms with Gasteiger partial charge in [-0.1, -0.05) is 18.2 Å². The zero-order valence-electron chi connectivity index (χ0n) is 10.6. The van der Waals surface area contributed by atoms with Gasteiger partial charge in [-0.3, -0.25) is 4.79 Å². The molecule has 0 saturated carbocycles. The van der Waals surface area contributed by atoms with E-state index in [1.165, 1.54) is 12.1 Å². The molecule has 1 aromatic rings. The summed E-state index contributed by atoms with van der Waals surface area (Å²) in [6.07, 6.45) is -3.63. The number of hydrogen-bond acceptors (Lipinski definition) is 2. The van der Waals surface area contributed by atoms with Crippen LogP contribution in [0.4, 0.5) is 13.2 Å². The van der Waals surface area contributed by atoms with Gasteiger partial charge in [-0.15, -0.1) is 0 Å². The Morgan fingerprint density at radius 3 is 2.58 bits per heavy atom. The molecule has 0 bridgehead atoms. The third-order valence-corrected chi connectivity index (χ3v) is 2.78. The lowest BCUT2D eigenvalue weighted by atomic mass is 10.0. The van der Waals surface area contributed by atoms with Crippen molar-refractivity contribution in [2.75, 3.05) is 6.54 Å². The molecule has 0 radical (unpaired) electrons. The van der Waals surface area contributed by atoms with Crippen LogP contribution in [0.15, 0.2) is 24.3 Å². The minimum absolute atomic E-state index is 0.203. The summed E-state index contributed by atoms with van der Waals surface area (Å²) in [6.45, 7) is 2.10. The summed E-state index contributed by atoms with van der Waals surface area (Å²) in [5.41, 5.74) is 4.55. The van der Waals surface area contributed by atoms with E-state index < -0.39 is 23.7 Å². The molecule has 3 N–H and O–H groups in total. The van der Waals surface area contributed by atoms with Crippen molar-refractivity contribution in [3.05, 3.63) is 35.4 Å². The quantitative estimate of drug-likeness (QED) is 0.783. The maximum absolute atomic E-state index is 12.8. The second kappa shape index (κ2) is 6.56. The van der Waals surface area contributed by atoms with E-state index in [0.29, 0.717) is 13.0 Å². The van der Waals surface area contributed by atoms with Crippen LogP contribution in [-0.2, 0) is 11.0 Å². The van der Waals surface area contributed by atoms with Crippen LogP contribution in [0.5, 0.6) is 0 Å². The smallest absolute Gasteiger partial charge is 0.370 e. The summed E-state index contributed by atoms with van der Waals surface area (Å²) in [7, 11) is 0. The zero-order chi connectivity index (χ0) is 14.5. The van der Waals surface area contributed by atoms with Gasteiger partial charge in [-0.25, -0.2) is 0 Å². The van der Waals surface area contributed by atoms with Gasteiger partial charge in [0.2, 0.25) is 5.91 Å². The minimum atomic E-state index is -4.36. The van der Waals surface area contributed by atoms with Gasteiger partial charge in [-0.2, -0.15) is 13.2 Å². The third kappa shape index (κ3) is 4.90. The summed E-state index contributed by atoms with van der Waals surface area (Å²) < 4.78 is 38.4. The second-order valence-electron chi connectivity index (χ2n) is 4.33. The standard InChI is InChI=1S/C13H17F3N2O/c1-9(18-8-4-7-12(17)19)10-5-2-3-6-11(10)13(14,15)16/h2-3,5-6,9,18H,4,7-8H2,1H3,(H2,17,19). The maximum Gasteiger partial charge on any atom is 0.416 e. The fourth-order valence-electron chi connectivity index (χ4n) is 1.82. The fourth-order valence-corrected chi connectivity index (χ4v) is 1.82. The van der Waals surface area contributed by atoms with Crippen LogP contribution in [0.2, 0.25) is 0 Å². The Morgan fingerprint density at radius 1 is 1.37 bits per heavy atom. The van der Waals surface area contributed by atoms with E-state index in [1.54, 1.807) is 13.0 Å². The average molecular weight is 274 g/mol. The molecule has 0 aliphatic rings. The highest BCUT2D eigenvalue weighted by Crippen LogP contribution is 2.34. The number of amides is 1. The van der Waals surface area contributed by atoms with Gasteiger partial charge in [0.25, 0.3) is 0 Å². The van der Waals surface area contributed by atoms with Crippen LogP contribution in [0.3, 0.4) is 0 Å². The van der Waals surface area contributed by atoms with E-state index in [-0.39, 0.29) is 12.0 Å². The Bertz CT molecular complexity index is 432. The molecule has 1 atom stereocenters. The van der Waals surface area contributed by atoms with Gasteiger partial charge < -0.3 is 11.1 Å². The molecule has 0 fully saturated rings. The van der Waals surface area contributed by atoms with E-state index in [1.807, 2.05) is 0 Å². The number of benzene rings is 1. The summed E-state index contributed by atoms with van der Waals surface area (Å²) in [4.78, 5) is 10.5. The molecule has 1 rings (SSSR count). The second-order valence-corrected chi connectivity index (χ2v) is 4.33. The first-order valence-corrected chi connectivity index (χ1v) is 6.00. The molecule has 0 saturated heterocycles. The average Bonchev–Trinajstić information content (AvgIpc) is 2.33.